The number of esters is 1. The van der Waals surface area contributed by atoms with Gasteiger partial charge in [0.05, 0.1) is 24.3 Å². The van der Waals surface area contributed by atoms with Gasteiger partial charge in [0.1, 0.15) is 5.82 Å². The van der Waals surface area contributed by atoms with Crippen LogP contribution in [0.3, 0.4) is 0 Å². The number of rotatable bonds is 5. The van der Waals surface area contributed by atoms with Gasteiger partial charge in [-0.15, -0.1) is 0 Å². The summed E-state index contributed by atoms with van der Waals surface area (Å²) in [5.74, 6) is 0.559. The monoisotopic (exact) mass is 359 g/mol. The summed E-state index contributed by atoms with van der Waals surface area (Å²) in [7, 11) is 1.34. The molecule has 0 unspecified atom stereocenters. The third-order valence-electron chi connectivity index (χ3n) is 3.66. The third-order valence-corrected chi connectivity index (χ3v) is 3.66. The van der Waals surface area contributed by atoms with Crippen LogP contribution in [0, 0.1) is 18.3 Å². The van der Waals surface area contributed by atoms with Crippen LogP contribution in [-0.2, 0) is 4.74 Å². The third kappa shape index (κ3) is 4.58. The van der Waals surface area contributed by atoms with Gasteiger partial charge in [0.2, 0.25) is 5.95 Å². The number of benzene rings is 2. The van der Waals surface area contributed by atoms with E-state index in [0.717, 1.165) is 11.4 Å². The van der Waals surface area contributed by atoms with Gasteiger partial charge in [-0.1, -0.05) is 12.1 Å². The van der Waals surface area contributed by atoms with Gasteiger partial charge in [-0.2, -0.15) is 10.2 Å². The van der Waals surface area contributed by atoms with Crippen LogP contribution >= 0.6 is 0 Å². The Balaban J connectivity index is 1.83. The maximum absolute atomic E-state index is 11.7. The molecule has 7 heteroatoms. The fourth-order valence-corrected chi connectivity index (χ4v) is 2.47. The van der Waals surface area contributed by atoms with E-state index in [0.29, 0.717) is 28.6 Å². The number of methoxy groups -OCH3 is 1. The van der Waals surface area contributed by atoms with Crippen molar-refractivity contribution in [3.63, 3.8) is 0 Å². The SMILES string of the molecule is COC(=O)c1cccc(Nc2nc(C)cc(Nc3cccc(C#N)c3)n2)c1. The zero-order valence-electron chi connectivity index (χ0n) is 14.9. The van der Waals surface area contributed by atoms with E-state index in [1.807, 2.05) is 19.1 Å². The molecule has 0 aliphatic rings. The van der Waals surface area contributed by atoms with E-state index in [2.05, 4.69) is 26.7 Å². The van der Waals surface area contributed by atoms with E-state index in [-0.39, 0.29) is 0 Å². The fraction of sp³-hybridized carbons (Fsp3) is 0.100. The van der Waals surface area contributed by atoms with Crippen molar-refractivity contribution in [2.24, 2.45) is 0 Å². The highest BCUT2D eigenvalue weighted by Gasteiger charge is 2.08. The second kappa shape index (κ2) is 7.97. The Bertz CT molecular complexity index is 1030. The first-order valence-electron chi connectivity index (χ1n) is 8.15. The Hall–Kier alpha value is -3.92. The topological polar surface area (TPSA) is 99.9 Å². The standard InChI is InChI=1S/C20H17N5O2/c1-13-9-18(23-16-7-3-5-14(10-16)12-21)25-20(22-13)24-17-8-4-6-15(11-17)19(26)27-2/h3-11H,1-2H3,(H2,22,23,24,25). The number of nitrogens with zero attached hydrogens (tertiary/aromatic N) is 3. The van der Waals surface area contributed by atoms with Crippen molar-refractivity contribution in [2.45, 2.75) is 6.92 Å². The summed E-state index contributed by atoms with van der Waals surface area (Å²) in [6.07, 6.45) is 0. The van der Waals surface area contributed by atoms with E-state index in [4.69, 9.17) is 10.00 Å². The zero-order valence-corrected chi connectivity index (χ0v) is 14.9. The Morgan fingerprint density at radius 2 is 1.78 bits per heavy atom. The molecule has 0 fully saturated rings. The molecule has 2 aromatic carbocycles. The molecule has 0 saturated carbocycles. The van der Waals surface area contributed by atoms with Crippen LogP contribution in [0.5, 0.6) is 0 Å². The molecule has 1 heterocycles. The summed E-state index contributed by atoms with van der Waals surface area (Å²) in [6.45, 7) is 1.86. The highest BCUT2D eigenvalue weighted by atomic mass is 16.5. The van der Waals surface area contributed by atoms with E-state index >= 15 is 0 Å². The van der Waals surface area contributed by atoms with Gasteiger partial charge < -0.3 is 15.4 Å². The van der Waals surface area contributed by atoms with Crippen LogP contribution in [0.2, 0.25) is 0 Å². The average Bonchev–Trinajstić information content (AvgIpc) is 2.67. The van der Waals surface area contributed by atoms with Gasteiger partial charge in [-0.3, -0.25) is 0 Å². The van der Waals surface area contributed by atoms with Crippen molar-refractivity contribution < 1.29 is 9.53 Å². The van der Waals surface area contributed by atoms with Crippen LogP contribution in [0.4, 0.5) is 23.1 Å². The molecule has 3 aromatic rings. The Morgan fingerprint density at radius 3 is 2.52 bits per heavy atom. The molecular formula is C20H17N5O2. The van der Waals surface area contributed by atoms with Crippen molar-refractivity contribution in [2.75, 3.05) is 17.7 Å². The quantitative estimate of drug-likeness (QED) is 0.666. The maximum Gasteiger partial charge on any atom is 0.337 e. The molecule has 0 radical (unpaired) electrons. The minimum absolute atomic E-state index is 0.385. The number of hydrogen-bond donors (Lipinski definition) is 2. The lowest BCUT2D eigenvalue weighted by Gasteiger charge is -2.11. The first kappa shape index (κ1) is 17.9. The average molecular weight is 359 g/mol. The number of hydrogen-bond acceptors (Lipinski definition) is 7. The summed E-state index contributed by atoms with van der Waals surface area (Å²) in [5, 5.41) is 15.3. The molecule has 0 saturated heterocycles. The van der Waals surface area contributed by atoms with Crippen molar-refractivity contribution in [1.29, 1.82) is 5.26 Å². The molecule has 0 amide bonds. The molecule has 3 rings (SSSR count). The minimum Gasteiger partial charge on any atom is -0.465 e. The smallest absolute Gasteiger partial charge is 0.337 e. The Labute approximate surface area is 156 Å². The summed E-state index contributed by atoms with van der Waals surface area (Å²) in [6, 6.07) is 17.9. The minimum atomic E-state index is -0.413. The van der Waals surface area contributed by atoms with Gasteiger partial charge in [0.15, 0.2) is 0 Å². The van der Waals surface area contributed by atoms with Gasteiger partial charge in [0.25, 0.3) is 0 Å². The number of anilines is 4. The predicted molar refractivity (Wildman–Crippen MR) is 102 cm³/mol. The molecule has 1 aromatic heterocycles. The number of aromatic nitrogens is 2. The van der Waals surface area contributed by atoms with Gasteiger partial charge in [-0.25, -0.2) is 9.78 Å². The van der Waals surface area contributed by atoms with Gasteiger partial charge >= 0.3 is 5.97 Å². The van der Waals surface area contributed by atoms with Crippen molar-refractivity contribution in [3.05, 3.63) is 71.4 Å². The lowest BCUT2D eigenvalue weighted by molar-refractivity contribution is 0.0601. The van der Waals surface area contributed by atoms with E-state index < -0.39 is 5.97 Å². The summed E-state index contributed by atoms with van der Waals surface area (Å²) in [4.78, 5) is 20.5. The molecule has 0 spiro atoms. The van der Waals surface area contributed by atoms with E-state index in [1.165, 1.54) is 7.11 Å². The highest BCUT2D eigenvalue weighted by molar-refractivity contribution is 5.90. The number of carbonyl (C=O) groups is 1. The number of carbonyl (C=O) groups excluding carboxylic acids is 1. The van der Waals surface area contributed by atoms with E-state index in [9.17, 15) is 4.79 Å². The Kier molecular flexibility index (Phi) is 5.28. The van der Waals surface area contributed by atoms with Crippen LogP contribution in [0.15, 0.2) is 54.6 Å². The largest absolute Gasteiger partial charge is 0.465 e. The molecule has 0 bridgehead atoms. The van der Waals surface area contributed by atoms with E-state index in [1.54, 1.807) is 42.5 Å². The van der Waals surface area contributed by atoms with Crippen LogP contribution < -0.4 is 10.6 Å². The second-order valence-corrected chi connectivity index (χ2v) is 5.73. The van der Waals surface area contributed by atoms with Crippen LogP contribution in [-0.4, -0.2) is 23.0 Å². The van der Waals surface area contributed by atoms with Gasteiger partial charge in [0, 0.05) is 23.1 Å². The fourth-order valence-electron chi connectivity index (χ4n) is 2.47. The van der Waals surface area contributed by atoms with Crippen molar-refractivity contribution in [1.82, 2.24) is 9.97 Å². The molecule has 7 nitrogen and oxygen atoms in total. The van der Waals surface area contributed by atoms with Crippen molar-refractivity contribution in [3.8, 4) is 6.07 Å². The molecular weight excluding hydrogens is 342 g/mol. The molecule has 2 N–H and O–H groups in total. The molecule has 27 heavy (non-hydrogen) atoms. The summed E-state index contributed by atoms with van der Waals surface area (Å²) < 4.78 is 4.73. The normalized spacial score (nSPS) is 9.96. The summed E-state index contributed by atoms with van der Waals surface area (Å²) in [5.41, 5.74) is 3.17. The molecule has 134 valence electrons. The molecule has 0 aliphatic heterocycles. The summed E-state index contributed by atoms with van der Waals surface area (Å²) >= 11 is 0. The number of nitriles is 1. The first-order valence-corrected chi connectivity index (χ1v) is 8.15. The lowest BCUT2D eigenvalue weighted by Crippen LogP contribution is -2.04. The first-order chi connectivity index (χ1) is 13.1. The number of ether oxygens (including phenoxy) is 1. The van der Waals surface area contributed by atoms with Crippen LogP contribution in [0.25, 0.3) is 0 Å². The maximum atomic E-state index is 11.7. The van der Waals surface area contributed by atoms with Crippen molar-refractivity contribution >= 4 is 29.1 Å². The number of nitrogens with one attached hydrogen (secondary N) is 2. The molecule has 0 atom stereocenters. The predicted octanol–water partition coefficient (Wildman–Crippen LogP) is 3.93. The number of aryl methyl sites for hydroxylation is 1. The Morgan fingerprint density at radius 1 is 1.04 bits per heavy atom. The molecule has 0 aliphatic carbocycles. The second-order valence-electron chi connectivity index (χ2n) is 5.73. The zero-order chi connectivity index (χ0) is 19.2. The highest BCUT2D eigenvalue weighted by Crippen LogP contribution is 2.20. The van der Waals surface area contributed by atoms with Crippen LogP contribution in [0.1, 0.15) is 21.6 Å². The van der Waals surface area contributed by atoms with Gasteiger partial charge in [-0.05, 0) is 43.3 Å². The lowest BCUT2D eigenvalue weighted by atomic mass is 10.2.